The first kappa shape index (κ1) is 19.0. The van der Waals surface area contributed by atoms with E-state index >= 15 is 0 Å². The number of nitriles is 2. The Morgan fingerprint density at radius 2 is 1.69 bits per heavy atom. The van der Waals surface area contributed by atoms with Gasteiger partial charge in [0.2, 0.25) is 0 Å². The van der Waals surface area contributed by atoms with Crippen molar-refractivity contribution < 1.29 is 14.6 Å². The Morgan fingerprint density at radius 3 is 2.23 bits per heavy atom. The first-order valence-corrected chi connectivity index (χ1v) is 7.95. The molecular weight excluding hydrogens is 330 g/mol. The van der Waals surface area contributed by atoms with Gasteiger partial charge in [0.15, 0.2) is 5.60 Å². The molecular formula is C20H19N3O3. The van der Waals surface area contributed by atoms with Crippen LogP contribution in [0.4, 0.5) is 5.69 Å². The molecule has 0 spiro atoms. The van der Waals surface area contributed by atoms with Crippen molar-refractivity contribution >= 4 is 11.6 Å². The molecule has 0 saturated carbocycles. The van der Waals surface area contributed by atoms with Gasteiger partial charge in [0.05, 0.1) is 23.3 Å². The number of rotatable bonds is 5. The van der Waals surface area contributed by atoms with Crippen molar-refractivity contribution in [1.29, 1.82) is 10.5 Å². The van der Waals surface area contributed by atoms with E-state index in [9.17, 15) is 9.90 Å². The highest BCUT2D eigenvalue weighted by Crippen LogP contribution is 2.20. The number of aryl methyl sites for hydroxylation is 2. The maximum Gasteiger partial charge on any atom is 0.259 e. The highest BCUT2D eigenvalue weighted by Gasteiger charge is 2.31. The summed E-state index contributed by atoms with van der Waals surface area (Å²) in [6.07, 6.45) is 0. The predicted molar refractivity (Wildman–Crippen MR) is 96.5 cm³/mol. The molecule has 0 radical (unpaired) electrons. The summed E-state index contributed by atoms with van der Waals surface area (Å²) in [6, 6.07) is 13.9. The zero-order valence-electron chi connectivity index (χ0n) is 14.8. The largest absolute Gasteiger partial charge is 0.490 e. The second-order valence-electron chi connectivity index (χ2n) is 6.25. The normalized spacial score (nSPS) is 12.4. The number of hydrogen-bond donors (Lipinski definition) is 2. The second kappa shape index (κ2) is 7.69. The van der Waals surface area contributed by atoms with E-state index in [-0.39, 0.29) is 6.61 Å². The number of carbonyl (C=O) groups excluding carboxylic acids is 1. The lowest BCUT2D eigenvalue weighted by Gasteiger charge is -2.23. The van der Waals surface area contributed by atoms with Crippen LogP contribution < -0.4 is 10.1 Å². The molecule has 1 unspecified atom stereocenters. The molecule has 1 amide bonds. The molecule has 0 aliphatic heterocycles. The minimum atomic E-state index is -1.76. The Hall–Kier alpha value is -3.35. The van der Waals surface area contributed by atoms with Gasteiger partial charge in [0.25, 0.3) is 5.91 Å². The lowest BCUT2D eigenvalue weighted by Crippen LogP contribution is -2.45. The summed E-state index contributed by atoms with van der Waals surface area (Å²) in [7, 11) is 0. The molecule has 6 heteroatoms. The molecule has 0 bridgehead atoms. The third kappa shape index (κ3) is 4.38. The van der Waals surface area contributed by atoms with Crippen molar-refractivity contribution in [2.45, 2.75) is 26.4 Å². The van der Waals surface area contributed by atoms with Crippen LogP contribution in [0.3, 0.4) is 0 Å². The van der Waals surface area contributed by atoms with Gasteiger partial charge in [0.1, 0.15) is 12.4 Å². The number of nitrogens with one attached hydrogen (secondary N) is 1. The van der Waals surface area contributed by atoms with Gasteiger partial charge < -0.3 is 15.2 Å². The molecule has 2 aromatic carbocycles. The fourth-order valence-electron chi connectivity index (χ4n) is 2.27. The van der Waals surface area contributed by atoms with Crippen LogP contribution in [0.25, 0.3) is 0 Å². The predicted octanol–water partition coefficient (Wildman–Crippen LogP) is 2.82. The van der Waals surface area contributed by atoms with Gasteiger partial charge in [-0.15, -0.1) is 0 Å². The average molecular weight is 349 g/mol. The first-order chi connectivity index (χ1) is 12.3. The molecule has 2 aromatic rings. The summed E-state index contributed by atoms with van der Waals surface area (Å²) >= 11 is 0. The van der Waals surface area contributed by atoms with Crippen LogP contribution in [0.2, 0.25) is 0 Å². The maximum absolute atomic E-state index is 12.3. The quantitative estimate of drug-likeness (QED) is 0.863. The number of benzene rings is 2. The standard InChI is InChI=1S/C20H19N3O3/c1-13-8-17(6-4-15(13)10-21)23-19(24)20(3,25)12-26-18-7-5-16(11-22)14(2)9-18/h4-9,25H,12H2,1-3H3,(H,23,24). The van der Waals surface area contributed by atoms with Crippen molar-refractivity contribution in [2.75, 3.05) is 11.9 Å². The monoisotopic (exact) mass is 349 g/mol. The number of aliphatic hydroxyl groups is 1. The van der Waals surface area contributed by atoms with Crippen LogP contribution in [-0.4, -0.2) is 23.2 Å². The van der Waals surface area contributed by atoms with Gasteiger partial charge in [-0.25, -0.2) is 0 Å². The van der Waals surface area contributed by atoms with E-state index in [0.717, 1.165) is 11.1 Å². The Morgan fingerprint density at radius 1 is 1.12 bits per heavy atom. The zero-order chi connectivity index (χ0) is 19.3. The number of ether oxygens (including phenoxy) is 1. The van der Waals surface area contributed by atoms with Crippen LogP contribution in [-0.2, 0) is 4.79 Å². The Labute approximate surface area is 152 Å². The van der Waals surface area contributed by atoms with Gasteiger partial charge in [-0.1, -0.05) is 0 Å². The summed E-state index contributed by atoms with van der Waals surface area (Å²) in [4.78, 5) is 12.3. The molecule has 1 atom stereocenters. The lowest BCUT2D eigenvalue weighted by atomic mass is 10.1. The van der Waals surface area contributed by atoms with E-state index < -0.39 is 11.5 Å². The molecule has 2 rings (SSSR count). The fourth-order valence-corrected chi connectivity index (χ4v) is 2.27. The van der Waals surface area contributed by atoms with Gasteiger partial charge >= 0.3 is 0 Å². The Balaban J connectivity index is 2.04. The van der Waals surface area contributed by atoms with Crippen LogP contribution in [0, 0.1) is 36.5 Å². The molecule has 0 saturated heterocycles. The topological polar surface area (TPSA) is 106 Å². The van der Waals surface area contributed by atoms with Gasteiger partial charge in [0, 0.05) is 5.69 Å². The van der Waals surface area contributed by atoms with Crippen molar-refractivity contribution in [3.05, 3.63) is 58.7 Å². The van der Waals surface area contributed by atoms with Crippen LogP contribution in [0.15, 0.2) is 36.4 Å². The Kier molecular flexibility index (Phi) is 5.61. The van der Waals surface area contributed by atoms with Crippen LogP contribution in [0.1, 0.15) is 29.2 Å². The van der Waals surface area contributed by atoms with E-state index in [1.807, 2.05) is 0 Å². The molecule has 26 heavy (non-hydrogen) atoms. The third-order valence-corrected chi connectivity index (χ3v) is 3.93. The molecule has 6 nitrogen and oxygen atoms in total. The number of amides is 1. The smallest absolute Gasteiger partial charge is 0.259 e. The lowest BCUT2D eigenvalue weighted by molar-refractivity contribution is -0.135. The minimum Gasteiger partial charge on any atom is -0.490 e. The second-order valence-corrected chi connectivity index (χ2v) is 6.25. The molecule has 132 valence electrons. The molecule has 0 aliphatic carbocycles. The number of carbonyl (C=O) groups is 1. The average Bonchev–Trinajstić information content (AvgIpc) is 2.60. The van der Waals surface area contributed by atoms with E-state index in [4.69, 9.17) is 15.3 Å². The number of hydrogen-bond acceptors (Lipinski definition) is 5. The minimum absolute atomic E-state index is 0.251. The molecule has 0 heterocycles. The summed E-state index contributed by atoms with van der Waals surface area (Å²) in [6.45, 7) is 4.65. The molecule has 0 fully saturated rings. The van der Waals surface area contributed by atoms with Gasteiger partial charge in [-0.05, 0) is 68.3 Å². The first-order valence-electron chi connectivity index (χ1n) is 7.95. The van der Waals surface area contributed by atoms with Gasteiger partial charge in [-0.2, -0.15) is 10.5 Å². The van der Waals surface area contributed by atoms with Crippen LogP contribution in [0.5, 0.6) is 5.75 Å². The summed E-state index contributed by atoms with van der Waals surface area (Å²) in [5, 5.41) is 30.9. The van der Waals surface area contributed by atoms with Crippen molar-refractivity contribution in [2.24, 2.45) is 0 Å². The summed E-state index contributed by atoms with van der Waals surface area (Å²) in [5.41, 5.74) is 1.27. The maximum atomic E-state index is 12.3. The fraction of sp³-hybridized carbons (Fsp3) is 0.250. The van der Waals surface area contributed by atoms with Gasteiger partial charge in [-0.3, -0.25) is 4.79 Å². The highest BCUT2D eigenvalue weighted by atomic mass is 16.5. The molecule has 0 aromatic heterocycles. The van der Waals surface area contributed by atoms with Crippen molar-refractivity contribution in [3.8, 4) is 17.9 Å². The highest BCUT2D eigenvalue weighted by molar-refractivity contribution is 5.97. The van der Waals surface area contributed by atoms with E-state index in [1.54, 1.807) is 50.2 Å². The van der Waals surface area contributed by atoms with Crippen molar-refractivity contribution in [3.63, 3.8) is 0 Å². The van der Waals surface area contributed by atoms with Crippen molar-refractivity contribution in [1.82, 2.24) is 0 Å². The summed E-state index contributed by atoms with van der Waals surface area (Å²) < 4.78 is 5.51. The zero-order valence-corrected chi connectivity index (χ0v) is 14.8. The van der Waals surface area contributed by atoms with E-state index in [1.165, 1.54) is 6.92 Å². The third-order valence-electron chi connectivity index (χ3n) is 3.93. The van der Waals surface area contributed by atoms with Crippen LogP contribution >= 0.6 is 0 Å². The number of anilines is 1. The molecule has 2 N–H and O–H groups in total. The number of nitrogens with zero attached hydrogens (tertiary/aromatic N) is 2. The summed E-state index contributed by atoms with van der Waals surface area (Å²) in [5.74, 6) is -0.157. The SMILES string of the molecule is Cc1cc(NC(=O)C(C)(O)COc2ccc(C#N)c(C)c2)ccc1C#N. The Bertz CT molecular complexity index is 921. The van der Waals surface area contributed by atoms with E-state index in [2.05, 4.69) is 17.5 Å². The van der Waals surface area contributed by atoms with E-state index in [0.29, 0.717) is 22.6 Å². The molecule has 0 aliphatic rings.